The largest absolute Gasteiger partial charge is 0.327 e. The van der Waals surface area contributed by atoms with E-state index in [1.807, 2.05) is 0 Å². The lowest BCUT2D eigenvalue weighted by atomic mass is 10.1. The molecule has 0 N–H and O–H groups in total. The molecule has 1 aliphatic heterocycles. The van der Waals surface area contributed by atoms with Crippen molar-refractivity contribution < 1.29 is 9.18 Å². The molecule has 0 saturated carbocycles. The van der Waals surface area contributed by atoms with Gasteiger partial charge in [-0.1, -0.05) is 0 Å². The van der Waals surface area contributed by atoms with Gasteiger partial charge in [0.25, 0.3) is 5.91 Å². The fourth-order valence-electron chi connectivity index (χ4n) is 2.80. The Morgan fingerprint density at radius 1 is 1.25 bits per heavy atom. The molecule has 0 spiro atoms. The Morgan fingerprint density at radius 3 is 2.83 bits per heavy atom. The van der Waals surface area contributed by atoms with Crippen molar-refractivity contribution in [2.75, 3.05) is 0 Å². The van der Waals surface area contributed by atoms with Gasteiger partial charge in [0.2, 0.25) is 0 Å². The van der Waals surface area contributed by atoms with E-state index < -0.39 is 5.82 Å². The normalized spacial score (nSPS) is 13.4. The first-order chi connectivity index (χ1) is 11.6. The number of rotatable bonds is 3. The van der Waals surface area contributed by atoms with Crippen LogP contribution in [0.25, 0.3) is 11.1 Å². The number of fused-ring (bicyclic) bond motifs is 1. The number of hydrogen-bond acceptors (Lipinski definition) is 4. The van der Waals surface area contributed by atoms with Crippen LogP contribution in [0.3, 0.4) is 0 Å². The average molecular weight is 323 g/mol. The Hall–Kier alpha value is -3.09. The van der Waals surface area contributed by atoms with Crippen LogP contribution in [0.5, 0.6) is 0 Å². The maximum atomic E-state index is 14.4. The molecule has 0 aromatic carbocycles. The third-order valence-corrected chi connectivity index (χ3v) is 4.04. The van der Waals surface area contributed by atoms with Gasteiger partial charge in [0.15, 0.2) is 0 Å². The highest BCUT2D eigenvalue weighted by Gasteiger charge is 2.29. The predicted octanol–water partition coefficient (Wildman–Crippen LogP) is 2.17. The lowest BCUT2D eigenvalue weighted by Crippen LogP contribution is -2.24. The summed E-state index contributed by atoms with van der Waals surface area (Å²) in [5.41, 5.74) is 2.98. The van der Waals surface area contributed by atoms with Crippen LogP contribution >= 0.6 is 0 Å². The Kier molecular flexibility index (Phi) is 3.34. The molecule has 1 aliphatic rings. The third-order valence-electron chi connectivity index (χ3n) is 4.04. The highest BCUT2D eigenvalue weighted by atomic mass is 19.1. The number of aryl methyl sites for hydroxylation is 1. The molecular formula is C17H14FN5O. The van der Waals surface area contributed by atoms with Gasteiger partial charge in [0, 0.05) is 36.8 Å². The molecule has 0 aliphatic carbocycles. The minimum absolute atomic E-state index is 0.119. The van der Waals surface area contributed by atoms with E-state index in [0.717, 1.165) is 11.3 Å². The molecule has 6 nitrogen and oxygen atoms in total. The molecule has 4 heterocycles. The first-order valence-corrected chi connectivity index (χ1v) is 7.48. The molecule has 3 aromatic heterocycles. The number of hydrogen-bond donors (Lipinski definition) is 0. The van der Waals surface area contributed by atoms with Crippen LogP contribution in [0.4, 0.5) is 4.39 Å². The molecule has 120 valence electrons. The van der Waals surface area contributed by atoms with Crippen LogP contribution < -0.4 is 0 Å². The SMILES string of the molecule is Cn1cc(-c2cnc(CN3Cc4ncccc4C3=O)c(F)c2)cn1. The van der Waals surface area contributed by atoms with Crippen molar-refractivity contribution in [3.8, 4) is 11.1 Å². The first kappa shape index (κ1) is 14.5. The van der Waals surface area contributed by atoms with Crippen LogP contribution in [0.2, 0.25) is 0 Å². The quantitative estimate of drug-likeness (QED) is 0.741. The zero-order valence-electron chi connectivity index (χ0n) is 13.0. The van der Waals surface area contributed by atoms with Gasteiger partial charge in [0.1, 0.15) is 5.82 Å². The summed E-state index contributed by atoms with van der Waals surface area (Å²) in [6.07, 6.45) is 6.70. The Balaban J connectivity index is 1.57. The van der Waals surface area contributed by atoms with Gasteiger partial charge in [-0.15, -0.1) is 0 Å². The van der Waals surface area contributed by atoms with E-state index in [1.165, 1.54) is 6.07 Å². The number of carbonyl (C=O) groups excluding carboxylic acids is 1. The van der Waals surface area contributed by atoms with Crippen LogP contribution in [0.15, 0.2) is 43.0 Å². The van der Waals surface area contributed by atoms with E-state index in [-0.39, 0.29) is 18.1 Å². The van der Waals surface area contributed by atoms with Crippen molar-refractivity contribution in [2.45, 2.75) is 13.1 Å². The fourth-order valence-corrected chi connectivity index (χ4v) is 2.80. The maximum Gasteiger partial charge on any atom is 0.256 e. The molecule has 3 aromatic rings. The minimum Gasteiger partial charge on any atom is -0.327 e. The maximum absolute atomic E-state index is 14.4. The van der Waals surface area contributed by atoms with Gasteiger partial charge in [-0.3, -0.25) is 19.4 Å². The van der Waals surface area contributed by atoms with Crippen LogP contribution in [-0.2, 0) is 20.1 Å². The molecule has 1 amide bonds. The van der Waals surface area contributed by atoms with E-state index in [4.69, 9.17) is 0 Å². The van der Waals surface area contributed by atoms with Gasteiger partial charge >= 0.3 is 0 Å². The van der Waals surface area contributed by atoms with E-state index in [0.29, 0.717) is 17.7 Å². The monoisotopic (exact) mass is 323 g/mol. The summed E-state index contributed by atoms with van der Waals surface area (Å²) in [7, 11) is 1.80. The minimum atomic E-state index is -0.437. The van der Waals surface area contributed by atoms with Crippen molar-refractivity contribution in [3.05, 3.63) is 65.8 Å². The second-order valence-corrected chi connectivity index (χ2v) is 5.71. The standard InChI is InChI=1S/C17H14FN5O/c1-22-8-12(7-21-22)11-5-14(18)16(20-6-11)10-23-9-15-13(17(23)24)3-2-4-19-15/h2-8H,9-10H2,1H3. The molecule has 0 bridgehead atoms. The number of halogens is 1. The van der Waals surface area contributed by atoms with E-state index >= 15 is 0 Å². The van der Waals surface area contributed by atoms with E-state index in [9.17, 15) is 9.18 Å². The number of amides is 1. The molecule has 0 atom stereocenters. The van der Waals surface area contributed by atoms with Gasteiger partial charge < -0.3 is 4.90 Å². The number of pyridine rings is 2. The third kappa shape index (κ3) is 2.44. The lowest BCUT2D eigenvalue weighted by molar-refractivity contribution is 0.0762. The molecular weight excluding hydrogens is 309 g/mol. The zero-order chi connectivity index (χ0) is 16.7. The number of nitrogens with zero attached hydrogens (tertiary/aromatic N) is 5. The Morgan fingerprint density at radius 2 is 2.12 bits per heavy atom. The van der Waals surface area contributed by atoms with Crippen molar-refractivity contribution in [2.24, 2.45) is 7.05 Å². The van der Waals surface area contributed by atoms with Gasteiger partial charge in [-0.25, -0.2) is 4.39 Å². The Labute approximate surface area is 137 Å². The molecule has 4 rings (SSSR count). The molecule has 0 fully saturated rings. The molecule has 0 saturated heterocycles. The second-order valence-electron chi connectivity index (χ2n) is 5.71. The highest BCUT2D eigenvalue weighted by molar-refractivity contribution is 5.97. The van der Waals surface area contributed by atoms with E-state index in [2.05, 4.69) is 15.1 Å². The topological polar surface area (TPSA) is 63.9 Å². The molecule has 24 heavy (non-hydrogen) atoms. The summed E-state index contributed by atoms with van der Waals surface area (Å²) in [6, 6.07) is 4.88. The summed E-state index contributed by atoms with van der Waals surface area (Å²) in [5, 5.41) is 4.07. The van der Waals surface area contributed by atoms with Crippen molar-refractivity contribution >= 4 is 5.91 Å². The van der Waals surface area contributed by atoms with Gasteiger partial charge in [-0.2, -0.15) is 5.10 Å². The molecule has 0 unspecified atom stereocenters. The predicted molar refractivity (Wildman–Crippen MR) is 84.2 cm³/mol. The number of aromatic nitrogens is 4. The van der Waals surface area contributed by atoms with Crippen molar-refractivity contribution in [1.29, 1.82) is 0 Å². The summed E-state index contributed by atoms with van der Waals surface area (Å²) in [6.45, 7) is 0.495. The first-order valence-electron chi connectivity index (χ1n) is 7.48. The highest BCUT2D eigenvalue weighted by Crippen LogP contribution is 2.24. The fraction of sp³-hybridized carbons (Fsp3) is 0.176. The van der Waals surface area contributed by atoms with Gasteiger partial charge in [0.05, 0.1) is 36.2 Å². The lowest BCUT2D eigenvalue weighted by Gasteiger charge is -2.15. The zero-order valence-corrected chi connectivity index (χ0v) is 13.0. The van der Waals surface area contributed by atoms with Gasteiger partial charge in [-0.05, 0) is 18.2 Å². The van der Waals surface area contributed by atoms with E-state index in [1.54, 1.807) is 53.5 Å². The van der Waals surface area contributed by atoms with Crippen molar-refractivity contribution in [3.63, 3.8) is 0 Å². The van der Waals surface area contributed by atoms with Crippen LogP contribution in [0.1, 0.15) is 21.7 Å². The average Bonchev–Trinajstić information content (AvgIpc) is 3.14. The molecule has 0 radical (unpaired) electrons. The van der Waals surface area contributed by atoms with Crippen LogP contribution in [0, 0.1) is 5.82 Å². The van der Waals surface area contributed by atoms with Crippen LogP contribution in [-0.4, -0.2) is 30.6 Å². The number of carbonyl (C=O) groups is 1. The smallest absolute Gasteiger partial charge is 0.256 e. The summed E-state index contributed by atoms with van der Waals surface area (Å²) in [4.78, 5) is 22.3. The summed E-state index contributed by atoms with van der Waals surface area (Å²) < 4.78 is 16.1. The second kappa shape index (κ2) is 5.52. The van der Waals surface area contributed by atoms with Crippen molar-refractivity contribution in [1.82, 2.24) is 24.6 Å². The summed E-state index contributed by atoms with van der Waals surface area (Å²) in [5.74, 6) is -0.580. The Bertz CT molecular complexity index is 936. The summed E-state index contributed by atoms with van der Waals surface area (Å²) >= 11 is 0. The molecule has 7 heteroatoms.